The van der Waals surface area contributed by atoms with Gasteiger partial charge >= 0.3 is 6.09 Å². The zero-order valence-electron chi connectivity index (χ0n) is 13.9. The normalized spacial score (nSPS) is 12.5. The Morgan fingerprint density at radius 3 is 1.60 bits per heavy atom. The molecule has 0 aromatic rings. The lowest BCUT2D eigenvalue weighted by Crippen LogP contribution is -2.42. The van der Waals surface area contributed by atoms with Crippen LogP contribution in [0.1, 0.15) is 55.4 Å². The van der Waals surface area contributed by atoms with E-state index in [1.807, 2.05) is 41.5 Å². The summed E-state index contributed by atoms with van der Waals surface area (Å²) in [4.78, 5) is 30.6. The zero-order valence-corrected chi connectivity index (χ0v) is 13.9. The molecule has 0 aromatic heterocycles. The maximum Gasteiger partial charge on any atom is 0.436 e. The first-order valence-electron chi connectivity index (χ1n) is 7.20. The maximum atomic E-state index is 12.0. The van der Waals surface area contributed by atoms with Crippen LogP contribution < -0.4 is 0 Å². The first-order chi connectivity index (χ1) is 9.09. The molecule has 0 spiro atoms. The third-order valence-electron chi connectivity index (χ3n) is 2.87. The molecule has 0 saturated heterocycles. The van der Waals surface area contributed by atoms with Crippen LogP contribution in [0.3, 0.4) is 0 Å². The van der Waals surface area contributed by atoms with Crippen molar-refractivity contribution in [1.29, 1.82) is 0 Å². The second-order valence-corrected chi connectivity index (χ2v) is 6.10. The highest BCUT2D eigenvalue weighted by Gasteiger charge is 2.24. The first-order valence-corrected chi connectivity index (χ1v) is 7.20. The smallest absolute Gasteiger partial charge is 0.301 e. The van der Waals surface area contributed by atoms with Crippen LogP contribution >= 0.6 is 0 Å². The Bertz CT molecular complexity index is 363. The van der Waals surface area contributed by atoms with E-state index in [2.05, 4.69) is 5.16 Å². The van der Waals surface area contributed by atoms with Crippen LogP contribution in [0.25, 0.3) is 0 Å². The topological polar surface area (TPSA) is 59.0 Å². The number of carbonyl (C=O) groups is 2. The van der Waals surface area contributed by atoms with Gasteiger partial charge in [-0.3, -0.25) is 9.63 Å². The van der Waals surface area contributed by atoms with Crippen molar-refractivity contribution in [2.45, 2.75) is 67.5 Å². The SMILES string of the molecule is CC(C)C(=O)C(=NOC(=O)N(C(C)C)C(C)C)C(C)C. The van der Waals surface area contributed by atoms with Crippen molar-refractivity contribution in [3.8, 4) is 0 Å². The molecule has 5 nitrogen and oxygen atoms in total. The van der Waals surface area contributed by atoms with Crippen molar-refractivity contribution < 1.29 is 14.4 Å². The molecule has 0 bridgehead atoms. The summed E-state index contributed by atoms with van der Waals surface area (Å²) in [5.41, 5.74) is 0.306. The molecule has 0 N–H and O–H groups in total. The van der Waals surface area contributed by atoms with E-state index in [0.29, 0.717) is 5.71 Å². The van der Waals surface area contributed by atoms with Gasteiger partial charge in [-0.25, -0.2) is 4.79 Å². The Balaban J connectivity index is 5.04. The average Bonchev–Trinajstić information content (AvgIpc) is 2.26. The second kappa shape index (κ2) is 8.02. The van der Waals surface area contributed by atoms with Crippen LogP contribution in [0, 0.1) is 11.8 Å². The molecule has 0 aliphatic rings. The molecule has 0 unspecified atom stereocenters. The molecule has 0 aromatic carbocycles. The molecule has 0 rings (SSSR count). The van der Waals surface area contributed by atoms with Crippen molar-refractivity contribution in [1.82, 2.24) is 4.90 Å². The summed E-state index contributed by atoms with van der Waals surface area (Å²) in [7, 11) is 0. The third kappa shape index (κ3) is 5.31. The fourth-order valence-electron chi connectivity index (χ4n) is 1.88. The van der Waals surface area contributed by atoms with Gasteiger partial charge in [0.25, 0.3) is 0 Å². The minimum atomic E-state index is -0.523. The highest BCUT2D eigenvalue weighted by molar-refractivity contribution is 6.40. The van der Waals surface area contributed by atoms with Crippen LogP contribution in [0.2, 0.25) is 0 Å². The van der Waals surface area contributed by atoms with Crippen molar-refractivity contribution >= 4 is 17.6 Å². The summed E-state index contributed by atoms with van der Waals surface area (Å²) in [5, 5.41) is 3.81. The summed E-state index contributed by atoms with van der Waals surface area (Å²) >= 11 is 0. The van der Waals surface area contributed by atoms with Crippen LogP contribution in [0.4, 0.5) is 4.79 Å². The largest absolute Gasteiger partial charge is 0.436 e. The minimum absolute atomic E-state index is 0.0148. The van der Waals surface area contributed by atoms with Gasteiger partial charge in [0.15, 0.2) is 5.78 Å². The van der Waals surface area contributed by atoms with E-state index in [-0.39, 0.29) is 29.7 Å². The third-order valence-corrected chi connectivity index (χ3v) is 2.87. The molecule has 116 valence electrons. The summed E-state index contributed by atoms with van der Waals surface area (Å²) < 4.78 is 0. The standard InChI is InChI=1S/C15H28N2O3/c1-9(2)13(14(18)10(3)4)16-20-15(19)17(11(5)6)12(7)8/h9-12H,1-8H3. The first kappa shape index (κ1) is 18.6. The van der Waals surface area contributed by atoms with Gasteiger partial charge in [-0.1, -0.05) is 32.9 Å². The van der Waals surface area contributed by atoms with Crippen molar-refractivity contribution in [3.05, 3.63) is 0 Å². The molecule has 1 amide bonds. The van der Waals surface area contributed by atoms with Gasteiger partial charge in [-0.2, -0.15) is 0 Å². The fraction of sp³-hybridized carbons (Fsp3) is 0.800. The van der Waals surface area contributed by atoms with Crippen LogP contribution in [0.5, 0.6) is 0 Å². The number of hydrogen-bond acceptors (Lipinski definition) is 4. The van der Waals surface area contributed by atoms with E-state index in [1.165, 1.54) is 0 Å². The van der Waals surface area contributed by atoms with Gasteiger partial charge in [0, 0.05) is 23.9 Å². The molecule has 0 atom stereocenters. The average molecular weight is 284 g/mol. The zero-order chi connectivity index (χ0) is 16.0. The Morgan fingerprint density at radius 2 is 1.30 bits per heavy atom. The lowest BCUT2D eigenvalue weighted by Gasteiger charge is -2.28. The van der Waals surface area contributed by atoms with Gasteiger partial charge in [0.05, 0.1) is 0 Å². The molecule has 0 aliphatic carbocycles. The summed E-state index contributed by atoms with van der Waals surface area (Å²) in [6.45, 7) is 15.0. The van der Waals surface area contributed by atoms with E-state index in [9.17, 15) is 9.59 Å². The number of carbonyl (C=O) groups excluding carboxylic acids is 2. The number of hydrogen-bond donors (Lipinski definition) is 0. The van der Waals surface area contributed by atoms with Gasteiger partial charge < -0.3 is 4.90 Å². The van der Waals surface area contributed by atoms with Crippen molar-refractivity contribution in [2.24, 2.45) is 17.0 Å². The Kier molecular flexibility index (Phi) is 7.46. The Hall–Kier alpha value is -1.39. The summed E-state index contributed by atoms with van der Waals surface area (Å²) in [6, 6.07) is 0.0296. The molecule has 20 heavy (non-hydrogen) atoms. The van der Waals surface area contributed by atoms with Gasteiger partial charge in [-0.05, 0) is 27.7 Å². The molecule has 0 saturated carbocycles. The maximum absolute atomic E-state index is 12.0. The number of amides is 1. The molecule has 0 aliphatic heterocycles. The molecular weight excluding hydrogens is 256 g/mol. The van der Waals surface area contributed by atoms with Crippen LogP contribution in [0.15, 0.2) is 5.16 Å². The molecule has 5 heteroatoms. The van der Waals surface area contributed by atoms with E-state index >= 15 is 0 Å². The van der Waals surface area contributed by atoms with E-state index in [4.69, 9.17) is 4.84 Å². The van der Waals surface area contributed by atoms with Crippen LogP contribution in [-0.2, 0) is 9.63 Å². The second-order valence-electron chi connectivity index (χ2n) is 6.10. The van der Waals surface area contributed by atoms with Crippen molar-refractivity contribution in [3.63, 3.8) is 0 Å². The lowest BCUT2D eigenvalue weighted by molar-refractivity contribution is -0.115. The minimum Gasteiger partial charge on any atom is -0.301 e. The number of nitrogens with zero attached hydrogens (tertiary/aromatic N) is 2. The van der Waals surface area contributed by atoms with Gasteiger partial charge in [0.2, 0.25) is 0 Å². The van der Waals surface area contributed by atoms with Gasteiger partial charge in [-0.15, -0.1) is 0 Å². The van der Waals surface area contributed by atoms with Crippen molar-refractivity contribution in [2.75, 3.05) is 0 Å². The monoisotopic (exact) mass is 284 g/mol. The highest BCUT2D eigenvalue weighted by atomic mass is 16.7. The number of oxime groups is 1. The fourth-order valence-corrected chi connectivity index (χ4v) is 1.88. The molecular formula is C15H28N2O3. The predicted molar refractivity (Wildman–Crippen MR) is 80.7 cm³/mol. The number of Topliss-reactive ketones (excluding diaryl/α,β-unsaturated/α-hetero) is 1. The van der Waals surface area contributed by atoms with E-state index in [1.54, 1.807) is 18.7 Å². The highest BCUT2D eigenvalue weighted by Crippen LogP contribution is 2.10. The van der Waals surface area contributed by atoms with E-state index in [0.717, 1.165) is 0 Å². The molecule has 0 fully saturated rings. The number of rotatable bonds is 6. The van der Waals surface area contributed by atoms with Crippen LogP contribution in [-0.4, -0.2) is 34.6 Å². The summed E-state index contributed by atoms with van der Waals surface area (Å²) in [6.07, 6.45) is -0.523. The quantitative estimate of drug-likeness (QED) is 0.426. The molecule has 0 heterocycles. The Labute approximate surface area is 122 Å². The number of ketones is 1. The Morgan fingerprint density at radius 1 is 0.850 bits per heavy atom. The summed E-state index contributed by atoms with van der Waals surface area (Å²) in [5.74, 6) is -0.334. The lowest BCUT2D eigenvalue weighted by atomic mass is 9.97. The van der Waals surface area contributed by atoms with E-state index < -0.39 is 6.09 Å². The predicted octanol–water partition coefficient (Wildman–Crippen LogP) is 3.48. The molecule has 0 radical (unpaired) electrons. The van der Waals surface area contributed by atoms with Gasteiger partial charge in [0.1, 0.15) is 5.71 Å².